The van der Waals surface area contributed by atoms with Crippen LogP contribution in [0.2, 0.25) is 0 Å². The summed E-state index contributed by atoms with van der Waals surface area (Å²) < 4.78 is 5.18. The standard InChI is InChI=1S/C19H17N3O2/c1-24-13-7-5-12(6-8-13)11-22-17-4-2-3-14-16(21-20)10-9-15(18(14)17)19(22)23/h2-10,21H,11,20H2,1H3. The number of hydrogen-bond acceptors (Lipinski definition) is 4. The second-order valence-corrected chi connectivity index (χ2v) is 5.74. The van der Waals surface area contributed by atoms with Gasteiger partial charge in [-0.1, -0.05) is 24.3 Å². The number of ether oxygens (including phenoxy) is 1. The van der Waals surface area contributed by atoms with Crippen molar-refractivity contribution in [3.8, 4) is 5.75 Å². The zero-order valence-electron chi connectivity index (χ0n) is 13.2. The summed E-state index contributed by atoms with van der Waals surface area (Å²) in [6, 6.07) is 17.3. The number of benzene rings is 3. The lowest BCUT2D eigenvalue weighted by molar-refractivity contribution is 0.0991. The minimum atomic E-state index is 0.0144. The van der Waals surface area contributed by atoms with Gasteiger partial charge >= 0.3 is 0 Å². The summed E-state index contributed by atoms with van der Waals surface area (Å²) in [6.07, 6.45) is 0. The van der Waals surface area contributed by atoms with Crippen molar-refractivity contribution in [3.05, 3.63) is 65.7 Å². The van der Waals surface area contributed by atoms with Crippen LogP contribution in [0.25, 0.3) is 10.8 Å². The molecule has 0 unspecified atom stereocenters. The van der Waals surface area contributed by atoms with Crippen LogP contribution in [0.1, 0.15) is 15.9 Å². The molecule has 1 heterocycles. The van der Waals surface area contributed by atoms with Gasteiger partial charge in [0.15, 0.2) is 0 Å². The average molecular weight is 319 g/mol. The fourth-order valence-electron chi connectivity index (χ4n) is 3.24. The number of rotatable bonds is 4. The van der Waals surface area contributed by atoms with Gasteiger partial charge in [-0.15, -0.1) is 0 Å². The molecule has 1 aliphatic heterocycles. The molecule has 3 N–H and O–H groups in total. The van der Waals surface area contributed by atoms with E-state index in [9.17, 15) is 4.79 Å². The highest BCUT2D eigenvalue weighted by atomic mass is 16.5. The molecular formula is C19H17N3O2. The van der Waals surface area contributed by atoms with Crippen LogP contribution in [0, 0.1) is 0 Å². The van der Waals surface area contributed by atoms with Gasteiger partial charge in [-0.25, -0.2) is 0 Å². The molecule has 0 aromatic heterocycles. The molecule has 24 heavy (non-hydrogen) atoms. The molecule has 0 aliphatic carbocycles. The normalized spacial score (nSPS) is 12.8. The van der Waals surface area contributed by atoms with Crippen LogP contribution in [-0.4, -0.2) is 13.0 Å². The quantitative estimate of drug-likeness (QED) is 0.572. The summed E-state index contributed by atoms with van der Waals surface area (Å²) >= 11 is 0. The fourth-order valence-corrected chi connectivity index (χ4v) is 3.24. The Morgan fingerprint density at radius 2 is 1.88 bits per heavy atom. The Kier molecular flexibility index (Phi) is 3.36. The first-order valence-electron chi connectivity index (χ1n) is 7.70. The van der Waals surface area contributed by atoms with Crippen molar-refractivity contribution in [3.63, 3.8) is 0 Å². The summed E-state index contributed by atoms with van der Waals surface area (Å²) in [4.78, 5) is 14.7. The molecule has 0 fully saturated rings. The third kappa shape index (κ3) is 2.10. The van der Waals surface area contributed by atoms with Crippen LogP contribution in [0.4, 0.5) is 11.4 Å². The van der Waals surface area contributed by atoms with Crippen molar-refractivity contribution >= 4 is 28.1 Å². The lowest BCUT2D eigenvalue weighted by atomic mass is 10.0. The molecule has 1 aliphatic rings. The van der Waals surface area contributed by atoms with E-state index in [0.29, 0.717) is 12.1 Å². The summed E-state index contributed by atoms with van der Waals surface area (Å²) in [5.74, 6) is 6.41. The number of hydrogen-bond donors (Lipinski definition) is 2. The molecular weight excluding hydrogens is 302 g/mol. The summed E-state index contributed by atoms with van der Waals surface area (Å²) in [6.45, 7) is 0.516. The number of nitrogens with zero attached hydrogens (tertiary/aromatic N) is 1. The van der Waals surface area contributed by atoms with Gasteiger partial charge in [0.05, 0.1) is 25.0 Å². The Balaban J connectivity index is 1.77. The molecule has 5 nitrogen and oxygen atoms in total. The zero-order valence-corrected chi connectivity index (χ0v) is 13.2. The van der Waals surface area contributed by atoms with Crippen LogP contribution < -0.4 is 20.9 Å². The van der Waals surface area contributed by atoms with Gasteiger partial charge in [-0.3, -0.25) is 10.6 Å². The van der Waals surface area contributed by atoms with E-state index in [1.807, 2.05) is 54.6 Å². The van der Waals surface area contributed by atoms with Gasteiger partial charge in [-0.05, 0) is 35.9 Å². The van der Waals surface area contributed by atoms with Crippen LogP contribution in [-0.2, 0) is 6.54 Å². The van der Waals surface area contributed by atoms with Crippen LogP contribution in [0.15, 0.2) is 54.6 Å². The zero-order chi connectivity index (χ0) is 16.7. The predicted molar refractivity (Wildman–Crippen MR) is 95.3 cm³/mol. The van der Waals surface area contributed by atoms with Crippen molar-refractivity contribution in [1.82, 2.24) is 0 Å². The Morgan fingerprint density at radius 3 is 2.58 bits per heavy atom. The molecule has 0 bridgehead atoms. The van der Waals surface area contributed by atoms with Gasteiger partial charge in [0.25, 0.3) is 5.91 Å². The second kappa shape index (κ2) is 5.54. The van der Waals surface area contributed by atoms with Crippen molar-refractivity contribution < 1.29 is 9.53 Å². The summed E-state index contributed by atoms with van der Waals surface area (Å²) in [5, 5.41) is 1.91. The SMILES string of the molecule is COc1ccc(CN2C(=O)c3ccc(NN)c4cccc2c34)cc1. The van der Waals surface area contributed by atoms with E-state index in [1.54, 1.807) is 12.0 Å². The first-order chi connectivity index (χ1) is 11.7. The highest BCUT2D eigenvalue weighted by Gasteiger charge is 2.30. The molecule has 120 valence electrons. The topological polar surface area (TPSA) is 67.6 Å². The van der Waals surface area contributed by atoms with Crippen molar-refractivity contribution in [2.45, 2.75) is 6.54 Å². The molecule has 1 amide bonds. The van der Waals surface area contributed by atoms with E-state index >= 15 is 0 Å². The van der Waals surface area contributed by atoms with Crippen molar-refractivity contribution in [1.29, 1.82) is 0 Å². The Labute approximate surface area is 139 Å². The van der Waals surface area contributed by atoms with E-state index in [0.717, 1.165) is 33.5 Å². The Morgan fingerprint density at radius 1 is 1.08 bits per heavy atom. The van der Waals surface area contributed by atoms with Gasteiger partial charge < -0.3 is 15.1 Å². The van der Waals surface area contributed by atoms with E-state index in [2.05, 4.69) is 5.43 Å². The van der Waals surface area contributed by atoms with E-state index < -0.39 is 0 Å². The van der Waals surface area contributed by atoms with Crippen molar-refractivity contribution in [2.75, 3.05) is 17.4 Å². The largest absolute Gasteiger partial charge is 0.497 e. The van der Waals surface area contributed by atoms with Gasteiger partial charge in [-0.2, -0.15) is 0 Å². The molecule has 0 saturated heterocycles. The highest BCUT2D eigenvalue weighted by Crippen LogP contribution is 2.40. The third-order valence-electron chi connectivity index (χ3n) is 4.44. The first kappa shape index (κ1) is 14.5. The lowest BCUT2D eigenvalue weighted by Crippen LogP contribution is -2.25. The minimum absolute atomic E-state index is 0.0144. The summed E-state index contributed by atoms with van der Waals surface area (Å²) in [7, 11) is 1.64. The van der Waals surface area contributed by atoms with Gasteiger partial charge in [0.2, 0.25) is 0 Å². The minimum Gasteiger partial charge on any atom is -0.497 e. The average Bonchev–Trinajstić information content (AvgIpc) is 2.90. The number of methoxy groups -OCH3 is 1. The number of nitrogens with two attached hydrogens (primary N) is 1. The Bertz CT molecular complexity index is 935. The molecule has 0 saturated carbocycles. The number of amides is 1. The molecule has 4 rings (SSSR count). The molecule has 0 spiro atoms. The monoisotopic (exact) mass is 319 g/mol. The van der Waals surface area contributed by atoms with Crippen LogP contribution >= 0.6 is 0 Å². The molecule has 3 aromatic rings. The fraction of sp³-hybridized carbons (Fsp3) is 0.105. The molecule has 0 atom stereocenters. The van der Waals surface area contributed by atoms with E-state index in [-0.39, 0.29) is 5.91 Å². The maximum Gasteiger partial charge on any atom is 0.259 e. The number of hydrazine groups is 1. The highest BCUT2D eigenvalue weighted by molar-refractivity contribution is 6.26. The van der Waals surface area contributed by atoms with Crippen molar-refractivity contribution in [2.24, 2.45) is 5.84 Å². The van der Waals surface area contributed by atoms with Gasteiger partial charge in [0, 0.05) is 16.3 Å². The maximum atomic E-state index is 12.9. The maximum absolute atomic E-state index is 12.9. The molecule has 0 radical (unpaired) electrons. The van der Waals surface area contributed by atoms with E-state index in [1.165, 1.54) is 0 Å². The number of anilines is 2. The second-order valence-electron chi connectivity index (χ2n) is 5.74. The molecule has 5 heteroatoms. The van der Waals surface area contributed by atoms with Crippen LogP contribution in [0.3, 0.4) is 0 Å². The summed E-state index contributed by atoms with van der Waals surface area (Å²) in [5.41, 5.74) is 6.20. The Hall–Kier alpha value is -3.05. The lowest BCUT2D eigenvalue weighted by Gasteiger charge is -2.18. The predicted octanol–water partition coefficient (Wildman–Crippen LogP) is 3.29. The van der Waals surface area contributed by atoms with E-state index in [4.69, 9.17) is 10.6 Å². The molecule has 3 aromatic carbocycles. The number of nitrogen functional groups attached to an aromatic ring is 1. The number of carbonyl (C=O) groups excluding carboxylic acids is 1. The van der Waals surface area contributed by atoms with Crippen LogP contribution in [0.5, 0.6) is 5.75 Å². The number of nitrogens with one attached hydrogen (secondary N) is 1. The smallest absolute Gasteiger partial charge is 0.259 e. The third-order valence-corrected chi connectivity index (χ3v) is 4.44. The first-order valence-corrected chi connectivity index (χ1v) is 7.70. The van der Waals surface area contributed by atoms with Gasteiger partial charge in [0.1, 0.15) is 5.75 Å². The number of carbonyl (C=O) groups is 1.